The number of nitriles is 1. The molecule has 288 valence electrons. The highest BCUT2D eigenvalue weighted by atomic mass is 32.2. The summed E-state index contributed by atoms with van der Waals surface area (Å²) in [5.74, 6) is 0.755. The molecule has 0 fully saturated rings. The Kier molecular flexibility index (Phi) is 15.8. The normalized spacial score (nSPS) is 11.3. The second kappa shape index (κ2) is 21.1. The average molecular weight is 786 g/mol. The number of hydrogen-bond acceptors (Lipinski definition) is 13. The summed E-state index contributed by atoms with van der Waals surface area (Å²) in [6.45, 7) is 5.51. The third kappa shape index (κ3) is 12.7. The van der Waals surface area contributed by atoms with Gasteiger partial charge in [0.2, 0.25) is 5.13 Å². The van der Waals surface area contributed by atoms with Crippen LogP contribution >= 0.6 is 11.5 Å². The van der Waals surface area contributed by atoms with Crippen molar-refractivity contribution in [3.8, 4) is 39.8 Å². The summed E-state index contributed by atoms with van der Waals surface area (Å²) < 4.78 is 59.8. The monoisotopic (exact) mass is 785 g/mol. The number of carbonyl (C=O) groups excluding carboxylic acids is 1. The first kappa shape index (κ1) is 41.1. The number of methoxy groups -OCH3 is 1. The highest BCUT2D eigenvalue weighted by Crippen LogP contribution is 2.38. The molecule has 5 rings (SSSR count). The van der Waals surface area contributed by atoms with Crippen LogP contribution in [0.4, 0.5) is 5.13 Å². The highest BCUT2D eigenvalue weighted by molar-refractivity contribution is 7.93. The third-order valence-corrected chi connectivity index (χ3v) is 10.3. The van der Waals surface area contributed by atoms with Crippen molar-refractivity contribution in [3.05, 3.63) is 102 Å². The number of sulfonamides is 1. The minimum atomic E-state index is -4.03. The van der Waals surface area contributed by atoms with E-state index in [4.69, 9.17) is 23.7 Å². The Labute approximate surface area is 325 Å². The molecule has 0 aliphatic heterocycles. The SMILES string of the molecule is COCCOCCOCCOCCCC(=O)CCc1cc(-c2cc(-c3cccc(C)c3)ccc2Oc2ccc(S(=O)(=O)Nc3ncns3)cc2C#N)ccn1. The first-order chi connectivity index (χ1) is 26.8. The molecule has 0 radical (unpaired) electrons. The van der Waals surface area contributed by atoms with E-state index in [1.54, 1.807) is 13.3 Å². The molecule has 55 heavy (non-hydrogen) atoms. The van der Waals surface area contributed by atoms with Crippen LogP contribution in [-0.2, 0) is 40.2 Å². The molecule has 0 atom stereocenters. The number of aryl methyl sites for hydroxylation is 2. The van der Waals surface area contributed by atoms with E-state index in [1.807, 2.05) is 55.5 Å². The van der Waals surface area contributed by atoms with Crippen LogP contribution in [-0.4, -0.2) is 81.9 Å². The Morgan fingerprint density at radius 2 is 1.56 bits per heavy atom. The van der Waals surface area contributed by atoms with E-state index in [-0.39, 0.29) is 27.1 Å². The van der Waals surface area contributed by atoms with Crippen molar-refractivity contribution in [2.75, 3.05) is 58.1 Å². The number of ketones is 1. The molecular formula is C40H43N5O8S2. The fourth-order valence-corrected chi connectivity index (χ4v) is 7.13. The molecular weight excluding hydrogens is 743 g/mol. The number of nitrogens with one attached hydrogen (secondary N) is 1. The Balaban J connectivity index is 1.24. The van der Waals surface area contributed by atoms with E-state index in [0.29, 0.717) is 77.7 Å². The molecule has 0 saturated carbocycles. The minimum absolute atomic E-state index is 0.0287. The zero-order valence-corrected chi connectivity index (χ0v) is 32.4. The van der Waals surface area contributed by atoms with Crippen LogP contribution in [0.1, 0.15) is 36.1 Å². The number of pyridine rings is 1. The number of ether oxygens (including phenoxy) is 5. The molecule has 0 spiro atoms. The number of hydrogen-bond donors (Lipinski definition) is 1. The van der Waals surface area contributed by atoms with Gasteiger partial charge < -0.3 is 23.7 Å². The minimum Gasteiger partial charge on any atom is -0.455 e. The summed E-state index contributed by atoms with van der Waals surface area (Å²) in [4.78, 5) is 21.0. The van der Waals surface area contributed by atoms with Crippen molar-refractivity contribution in [2.24, 2.45) is 0 Å². The maximum Gasteiger partial charge on any atom is 0.263 e. The fourth-order valence-electron chi connectivity index (χ4n) is 5.44. The molecule has 0 aliphatic carbocycles. The van der Waals surface area contributed by atoms with Crippen LogP contribution in [0.3, 0.4) is 0 Å². The summed E-state index contributed by atoms with van der Waals surface area (Å²) in [6.07, 6.45) is 4.77. The van der Waals surface area contributed by atoms with Crippen LogP contribution < -0.4 is 9.46 Å². The molecule has 0 unspecified atom stereocenters. The summed E-state index contributed by atoms with van der Waals surface area (Å²) in [7, 11) is -2.40. The van der Waals surface area contributed by atoms with Gasteiger partial charge in [0.15, 0.2) is 0 Å². The van der Waals surface area contributed by atoms with Gasteiger partial charge in [-0.3, -0.25) is 14.5 Å². The first-order valence-electron chi connectivity index (χ1n) is 17.7. The molecule has 0 aliphatic rings. The van der Waals surface area contributed by atoms with Crippen LogP contribution in [0.2, 0.25) is 0 Å². The summed E-state index contributed by atoms with van der Waals surface area (Å²) in [6, 6.07) is 23.8. The molecule has 2 heterocycles. The maximum atomic E-state index is 13.0. The van der Waals surface area contributed by atoms with E-state index in [0.717, 1.165) is 45.0 Å². The van der Waals surface area contributed by atoms with Crippen LogP contribution in [0.5, 0.6) is 11.5 Å². The van der Waals surface area contributed by atoms with E-state index >= 15 is 0 Å². The lowest BCUT2D eigenvalue weighted by Crippen LogP contribution is -2.13. The molecule has 0 saturated heterocycles. The van der Waals surface area contributed by atoms with Gasteiger partial charge in [-0.05, 0) is 78.9 Å². The molecule has 2 aromatic heterocycles. The van der Waals surface area contributed by atoms with Crippen molar-refractivity contribution in [3.63, 3.8) is 0 Å². The Bertz CT molecular complexity index is 2160. The van der Waals surface area contributed by atoms with E-state index in [9.17, 15) is 18.5 Å². The van der Waals surface area contributed by atoms with Gasteiger partial charge in [-0.25, -0.2) is 13.4 Å². The summed E-state index contributed by atoms with van der Waals surface area (Å²) >= 11 is 0.898. The van der Waals surface area contributed by atoms with Gasteiger partial charge in [0.1, 0.15) is 29.7 Å². The molecule has 0 amide bonds. The van der Waals surface area contributed by atoms with Crippen molar-refractivity contribution < 1.29 is 36.9 Å². The molecule has 5 aromatic rings. The number of benzene rings is 3. The number of rotatable bonds is 23. The van der Waals surface area contributed by atoms with Crippen molar-refractivity contribution in [1.82, 2.24) is 14.3 Å². The number of anilines is 1. The second-order valence-corrected chi connectivity index (χ2v) is 14.8. The van der Waals surface area contributed by atoms with Gasteiger partial charge in [-0.1, -0.05) is 35.9 Å². The predicted molar refractivity (Wildman–Crippen MR) is 209 cm³/mol. The topological polar surface area (TPSA) is 172 Å². The van der Waals surface area contributed by atoms with Crippen molar-refractivity contribution in [2.45, 2.75) is 37.5 Å². The number of Topliss-reactive ketones (excluding diaryl/α,β-unsaturated/α-hetero) is 1. The largest absolute Gasteiger partial charge is 0.455 e. The van der Waals surface area contributed by atoms with Gasteiger partial charge in [0.25, 0.3) is 10.0 Å². The van der Waals surface area contributed by atoms with Gasteiger partial charge >= 0.3 is 0 Å². The Hall–Kier alpha value is -5.08. The van der Waals surface area contributed by atoms with Crippen LogP contribution in [0.25, 0.3) is 22.3 Å². The number of carbonyl (C=O) groups is 1. The number of nitrogens with zero attached hydrogens (tertiary/aromatic N) is 4. The number of aromatic nitrogens is 3. The highest BCUT2D eigenvalue weighted by Gasteiger charge is 2.20. The molecule has 3 aromatic carbocycles. The first-order valence-corrected chi connectivity index (χ1v) is 19.9. The van der Waals surface area contributed by atoms with Crippen molar-refractivity contribution in [1.29, 1.82) is 5.26 Å². The van der Waals surface area contributed by atoms with Gasteiger partial charge in [-0.2, -0.15) is 9.64 Å². The average Bonchev–Trinajstić information content (AvgIpc) is 3.70. The molecule has 13 nitrogen and oxygen atoms in total. The van der Waals surface area contributed by atoms with Crippen molar-refractivity contribution >= 4 is 32.5 Å². The predicted octanol–water partition coefficient (Wildman–Crippen LogP) is 7.02. The lowest BCUT2D eigenvalue weighted by atomic mass is 9.97. The van der Waals surface area contributed by atoms with Gasteiger partial charge in [-0.15, -0.1) is 0 Å². The van der Waals surface area contributed by atoms with Gasteiger partial charge in [0, 0.05) is 55.5 Å². The Morgan fingerprint density at radius 1 is 0.818 bits per heavy atom. The zero-order valence-electron chi connectivity index (χ0n) is 30.7. The quantitative estimate of drug-likeness (QED) is 0.0672. The molecule has 1 N–H and O–H groups in total. The van der Waals surface area contributed by atoms with E-state index in [2.05, 4.69) is 31.2 Å². The lowest BCUT2D eigenvalue weighted by molar-refractivity contribution is -0.119. The Morgan fingerprint density at radius 3 is 2.29 bits per heavy atom. The van der Waals surface area contributed by atoms with E-state index < -0.39 is 10.0 Å². The van der Waals surface area contributed by atoms with Gasteiger partial charge in [0.05, 0.1) is 50.1 Å². The lowest BCUT2D eigenvalue weighted by Gasteiger charge is -2.16. The van der Waals surface area contributed by atoms with E-state index in [1.165, 1.54) is 24.5 Å². The second-order valence-electron chi connectivity index (χ2n) is 12.3. The fraction of sp³-hybridized carbons (Fsp3) is 0.325. The smallest absolute Gasteiger partial charge is 0.263 e. The van der Waals surface area contributed by atoms with Crippen LogP contribution in [0, 0.1) is 18.3 Å². The molecule has 0 bridgehead atoms. The van der Waals surface area contributed by atoms with Crippen LogP contribution in [0.15, 0.2) is 90.2 Å². The molecule has 15 heteroatoms. The zero-order chi connectivity index (χ0) is 38.9. The maximum absolute atomic E-state index is 13.0. The standard InChI is InChI=1S/C40H43N5O8S2/c1-29-5-3-6-30(23-29)31-8-12-39(53-38-13-11-36(25-33(38)27-41)55(47,48)45-40-43-28-44-54-40)37(26-31)32-14-15-42-34(24-32)9-10-35(46)7-4-16-50-19-20-52-22-21-51-18-17-49-2/h3,5-6,8,11-15,23-26,28H,4,7,9-10,16-22H2,1-2H3,(H,43,44,45). The summed E-state index contributed by atoms with van der Waals surface area (Å²) in [5, 5.41) is 10.1. The summed E-state index contributed by atoms with van der Waals surface area (Å²) in [5.41, 5.74) is 5.38. The third-order valence-electron chi connectivity index (χ3n) is 8.22.